The first-order valence-corrected chi connectivity index (χ1v) is 3.02. The molecule has 0 rings (SSSR count). The van der Waals surface area contributed by atoms with Crippen LogP contribution in [0.5, 0.6) is 0 Å². The minimum Gasteiger partial charge on any atom is -0.102 e. The smallest absolute Gasteiger partial charge is 0.00571 e. The Balaban J connectivity index is 3.62. The van der Waals surface area contributed by atoms with Crippen molar-refractivity contribution in [1.82, 2.24) is 0 Å². The molecule has 0 amide bonds. The van der Waals surface area contributed by atoms with Gasteiger partial charge >= 0.3 is 0 Å². The van der Waals surface area contributed by atoms with Crippen molar-refractivity contribution in [2.45, 2.75) is 20.3 Å². The van der Waals surface area contributed by atoms with Gasteiger partial charge in [-0.25, -0.2) is 0 Å². The highest BCUT2D eigenvalue weighted by Crippen LogP contribution is 2.11. The third kappa shape index (κ3) is 1.97. The van der Waals surface area contributed by atoms with Gasteiger partial charge in [0.1, 0.15) is 0 Å². The van der Waals surface area contributed by atoms with Crippen LogP contribution in [0.1, 0.15) is 20.3 Å². The van der Waals surface area contributed by atoms with E-state index in [1.807, 2.05) is 6.08 Å². The van der Waals surface area contributed by atoms with Gasteiger partial charge in [0, 0.05) is 0 Å². The average Bonchev–Trinajstić information content (AvgIpc) is 1.84. The fourth-order valence-corrected chi connectivity index (χ4v) is 0.489. The van der Waals surface area contributed by atoms with E-state index in [4.69, 9.17) is 0 Å². The lowest BCUT2D eigenvalue weighted by Crippen LogP contribution is -1.90. The van der Waals surface area contributed by atoms with Gasteiger partial charge < -0.3 is 0 Å². The molecule has 0 heterocycles. The molecule has 0 aromatic carbocycles. The SMILES string of the molecule is C=CC(C)C(=C)CC. The molecule has 0 aliphatic rings. The lowest BCUT2D eigenvalue weighted by molar-refractivity contribution is 0.817. The second-order valence-electron chi connectivity index (χ2n) is 2.04. The monoisotopic (exact) mass is 110 g/mol. The third-order valence-corrected chi connectivity index (χ3v) is 1.45. The normalized spacial score (nSPS) is 12.8. The summed E-state index contributed by atoms with van der Waals surface area (Å²) in [7, 11) is 0. The van der Waals surface area contributed by atoms with Gasteiger partial charge in [-0.15, -0.1) is 6.58 Å². The zero-order valence-corrected chi connectivity index (χ0v) is 5.78. The lowest BCUT2D eigenvalue weighted by atomic mass is 10.0. The molecule has 0 N–H and O–H groups in total. The van der Waals surface area contributed by atoms with Crippen LogP contribution < -0.4 is 0 Å². The average molecular weight is 110 g/mol. The van der Waals surface area contributed by atoms with Gasteiger partial charge in [0.2, 0.25) is 0 Å². The maximum atomic E-state index is 3.87. The Bertz CT molecular complexity index is 90.2. The molecule has 0 radical (unpaired) electrons. The summed E-state index contributed by atoms with van der Waals surface area (Å²) in [4.78, 5) is 0. The molecular formula is C8H14. The van der Waals surface area contributed by atoms with Gasteiger partial charge in [0.15, 0.2) is 0 Å². The quantitative estimate of drug-likeness (QED) is 0.490. The Morgan fingerprint density at radius 3 is 2.38 bits per heavy atom. The first-order valence-electron chi connectivity index (χ1n) is 3.02. The van der Waals surface area contributed by atoms with E-state index in [0.29, 0.717) is 5.92 Å². The van der Waals surface area contributed by atoms with Gasteiger partial charge in [-0.2, -0.15) is 0 Å². The number of hydrogen-bond acceptors (Lipinski definition) is 0. The van der Waals surface area contributed by atoms with E-state index >= 15 is 0 Å². The van der Waals surface area contributed by atoms with Crippen LogP contribution in [0.15, 0.2) is 24.8 Å². The number of allylic oxidation sites excluding steroid dienone is 2. The van der Waals surface area contributed by atoms with Crippen LogP contribution in [0, 0.1) is 5.92 Å². The summed E-state index contributed by atoms with van der Waals surface area (Å²) in [5.41, 5.74) is 1.26. The summed E-state index contributed by atoms with van der Waals surface area (Å²) in [5, 5.41) is 0. The lowest BCUT2D eigenvalue weighted by Gasteiger charge is -2.04. The topological polar surface area (TPSA) is 0 Å². The van der Waals surface area contributed by atoms with Gasteiger partial charge in [-0.3, -0.25) is 0 Å². The Kier molecular flexibility index (Phi) is 3.25. The van der Waals surface area contributed by atoms with Crippen molar-refractivity contribution in [2.24, 2.45) is 5.92 Å². The maximum absolute atomic E-state index is 3.87. The highest BCUT2D eigenvalue weighted by Gasteiger charge is 1.96. The van der Waals surface area contributed by atoms with Crippen molar-refractivity contribution in [3.8, 4) is 0 Å². The van der Waals surface area contributed by atoms with E-state index in [1.54, 1.807) is 0 Å². The fourth-order valence-electron chi connectivity index (χ4n) is 0.489. The molecule has 0 spiro atoms. The van der Waals surface area contributed by atoms with Crippen LogP contribution in [0.2, 0.25) is 0 Å². The maximum Gasteiger partial charge on any atom is -0.00571 e. The Hall–Kier alpha value is -0.520. The van der Waals surface area contributed by atoms with Crippen molar-refractivity contribution in [3.63, 3.8) is 0 Å². The van der Waals surface area contributed by atoms with Crippen molar-refractivity contribution in [2.75, 3.05) is 0 Å². The molecule has 0 nitrogen and oxygen atoms in total. The van der Waals surface area contributed by atoms with Crippen LogP contribution in [-0.2, 0) is 0 Å². The predicted molar refractivity (Wildman–Crippen MR) is 38.8 cm³/mol. The third-order valence-electron chi connectivity index (χ3n) is 1.45. The largest absolute Gasteiger partial charge is 0.102 e. The summed E-state index contributed by atoms with van der Waals surface area (Å²) in [5.74, 6) is 0.486. The zero-order valence-electron chi connectivity index (χ0n) is 5.78. The highest BCUT2D eigenvalue weighted by atomic mass is 14.0. The van der Waals surface area contributed by atoms with Gasteiger partial charge in [-0.05, 0) is 12.3 Å². The first-order chi connectivity index (χ1) is 3.72. The van der Waals surface area contributed by atoms with E-state index in [1.165, 1.54) is 5.57 Å². The summed E-state index contributed by atoms with van der Waals surface area (Å²) in [6, 6.07) is 0. The van der Waals surface area contributed by atoms with Crippen molar-refractivity contribution >= 4 is 0 Å². The van der Waals surface area contributed by atoms with Gasteiger partial charge in [0.05, 0.1) is 0 Å². The summed E-state index contributed by atoms with van der Waals surface area (Å²) in [6.07, 6.45) is 2.99. The fraction of sp³-hybridized carbons (Fsp3) is 0.500. The summed E-state index contributed by atoms with van der Waals surface area (Å²) < 4.78 is 0. The van der Waals surface area contributed by atoms with Crippen LogP contribution in [0.25, 0.3) is 0 Å². The molecule has 1 atom stereocenters. The molecule has 0 saturated heterocycles. The minimum absolute atomic E-state index is 0.486. The predicted octanol–water partition coefficient (Wildman–Crippen LogP) is 2.77. The van der Waals surface area contributed by atoms with E-state index in [9.17, 15) is 0 Å². The van der Waals surface area contributed by atoms with Crippen LogP contribution in [0.3, 0.4) is 0 Å². The minimum atomic E-state index is 0.486. The Morgan fingerprint density at radius 2 is 2.25 bits per heavy atom. The molecule has 46 valence electrons. The van der Waals surface area contributed by atoms with Gasteiger partial charge in [-0.1, -0.05) is 32.1 Å². The molecule has 0 heteroatoms. The summed E-state index contributed by atoms with van der Waals surface area (Å²) in [6.45, 7) is 11.8. The molecular weight excluding hydrogens is 96.1 g/mol. The molecule has 1 unspecified atom stereocenters. The molecule has 0 aliphatic heterocycles. The summed E-state index contributed by atoms with van der Waals surface area (Å²) >= 11 is 0. The molecule has 8 heavy (non-hydrogen) atoms. The number of rotatable bonds is 3. The van der Waals surface area contributed by atoms with E-state index in [2.05, 4.69) is 27.0 Å². The van der Waals surface area contributed by atoms with Gasteiger partial charge in [0.25, 0.3) is 0 Å². The Labute approximate surface area is 51.9 Å². The molecule has 0 aliphatic carbocycles. The second kappa shape index (κ2) is 3.48. The molecule has 0 aromatic rings. The number of hydrogen-bond donors (Lipinski definition) is 0. The van der Waals surface area contributed by atoms with Crippen LogP contribution >= 0.6 is 0 Å². The molecule has 0 bridgehead atoms. The zero-order chi connectivity index (χ0) is 6.57. The van der Waals surface area contributed by atoms with Crippen molar-refractivity contribution < 1.29 is 0 Å². The highest BCUT2D eigenvalue weighted by molar-refractivity contribution is 5.04. The van der Waals surface area contributed by atoms with Crippen LogP contribution in [-0.4, -0.2) is 0 Å². The van der Waals surface area contributed by atoms with E-state index in [0.717, 1.165) is 6.42 Å². The molecule has 0 saturated carbocycles. The van der Waals surface area contributed by atoms with Crippen molar-refractivity contribution in [3.05, 3.63) is 24.8 Å². The first kappa shape index (κ1) is 7.48. The molecule has 0 aromatic heterocycles. The second-order valence-corrected chi connectivity index (χ2v) is 2.04. The standard InChI is InChI=1S/C8H14/c1-5-7(3)8(4)6-2/h5,7H,1,4,6H2,2-3H3. The van der Waals surface area contributed by atoms with E-state index < -0.39 is 0 Å². The van der Waals surface area contributed by atoms with E-state index in [-0.39, 0.29) is 0 Å². The van der Waals surface area contributed by atoms with Crippen molar-refractivity contribution in [1.29, 1.82) is 0 Å². The van der Waals surface area contributed by atoms with Crippen LogP contribution in [0.4, 0.5) is 0 Å². The molecule has 0 fully saturated rings. The Morgan fingerprint density at radius 1 is 1.75 bits per heavy atom.